The first-order chi connectivity index (χ1) is 10.1. The first-order valence-corrected chi connectivity index (χ1v) is 7.70. The maximum atomic E-state index is 12.6. The van der Waals surface area contributed by atoms with Gasteiger partial charge in [0.1, 0.15) is 0 Å². The third-order valence-electron chi connectivity index (χ3n) is 3.91. The molecule has 0 radical (unpaired) electrons. The predicted octanol–water partition coefficient (Wildman–Crippen LogP) is 4.62. The topological polar surface area (TPSA) is 20.3 Å². The molecular formula is C17H15Cl2NO. The van der Waals surface area contributed by atoms with E-state index in [9.17, 15) is 4.79 Å². The van der Waals surface area contributed by atoms with Gasteiger partial charge in [-0.25, -0.2) is 0 Å². The molecule has 2 aromatic rings. The zero-order chi connectivity index (χ0) is 14.8. The van der Waals surface area contributed by atoms with Gasteiger partial charge in [0.05, 0.1) is 10.6 Å². The monoisotopic (exact) mass is 319 g/mol. The van der Waals surface area contributed by atoms with Crippen molar-refractivity contribution in [1.29, 1.82) is 0 Å². The number of hydrogen-bond donors (Lipinski definition) is 0. The van der Waals surface area contributed by atoms with Crippen molar-refractivity contribution in [3.05, 3.63) is 69.7 Å². The van der Waals surface area contributed by atoms with Crippen LogP contribution in [0.15, 0.2) is 48.5 Å². The van der Waals surface area contributed by atoms with Gasteiger partial charge in [-0.05, 0) is 30.2 Å². The lowest BCUT2D eigenvalue weighted by Crippen LogP contribution is -2.28. The van der Waals surface area contributed by atoms with E-state index in [2.05, 4.69) is 12.1 Å². The van der Waals surface area contributed by atoms with Crippen LogP contribution >= 0.6 is 23.2 Å². The minimum Gasteiger partial charge on any atom is -0.338 e. The number of amides is 1. The van der Waals surface area contributed by atoms with Gasteiger partial charge in [0.2, 0.25) is 0 Å². The van der Waals surface area contributed by atoms with Crippen LogP contribution in [0, 0.1) is 0 Å². The van der Waals surface area contributed by atoms with Gasteiger partial charge < -0.3 is 4.90 Å². The van der Waals surface area contributed by atoms with Crippen LogP contribution in [0.5, 0.6) is 0 Å². The highest BCUT2D eigenvalue weighted by Crippen LogP contribution is 2.29. The summed E-state index contributed by atoms with van der Waals surface area (Å²) in [5.41, 5.74) is 1.77. The Balaban J connectivity index is 1.77. The molecule has 21 heavy (non-hydrogen) atoms. The summed E-state index contributed by atoms with van der Waals surface area (Å²) in [5.74, 6) is 0.356. The summed E-state index contributed by atoms with van der Waals surface area (Å²) in [4.78, 5) is 14.4. The van der Waals surface area contributed by atoms with Gasteiger partial charge in [-0.2, -0.15) is 0 Å². The summed E-state index contributed by atoms with van der Waals surface area (Å²) in [5, 5.41) is 0.981. The van der Waals surface area contributed by atoms with Gasteiger partial charge >= 0.3 is 0 Å². The predicted molar refractivity (Wildman–Crippen MR) is 86.2 cm³/mol. The highest BCUT2D eigenvalue weighted by atomic mass is 35.5. The van der Waals surface area contributed by atoms with Crippen molar-refractivity contribution in [2.24, 2.45) is 0 Å². The van der Waals surface area contributed by atoms with Crippen LogP contribution in [-0.4, -0.2) is 23.9 Å². The molecule has 1 aliphatic heterocycles. The molecule has 0 unspecified atom stereocenters. The molecule has 1 aliphatic rings. The number of likely N-dealkylation sites (tertiary alicyclic amines) is 1. The van der Waals surface area contributed by atoms with Crippen LogP contribution in [-0.2, 0) is 0 Å². The summed E-state index contributed by atoms with van der Waals surface area (Å²) in [6, 6.07) is 15.3. The van der Waals surface area contributed by atoms with Gasteiger partial charge in [-0.15, -0.1) is 0 Å². The summed E-state index contributed by atoms with van der Waals surface area (Å²) in [7, 11) is 0. The second-order valence-corrected chi connectivity index (χ2v) is 6.12. The first-order valence-electron chi connectivity index (χ1n) is 6.94. The summed E-state index contributed by atoms with van der Waals surface area (Å²) >= 11 is 12.1. The van der Waals surface area contributed by atoms with E-state index >= 15 is 0 Å². The van der Waals surface area contributed by atoms with E-state index in [0.717, 1.165) is 19.5 Å². The van der Waals surface area contributed by atoms with Crippen molar-refractivity contribution in [2.75, 3.05) is 13.1 Å². The SMILES string of the molecule is O=C(c1cc(Cl)ccc1Cl)N1CC[C@@H](c2ccccc2)C1. The third kappa shape index (κ3) is 3.07. The van der Waals surface area contributed by atoms with Crippen LogP contribution in [0.2, 0.25) is 10.0 Å². The quantitative estimate of drug-likeness (QED) is 0.790. The van der Waals surface area contributed by atoms with Crippen LogP contribution in [0.25, 0.3) is 0 Å². The molecule has 0 bridgehead atoms. The maximum Gasteiger partial charge on any atom is 0.255 e. The Labute approximate surface area is 134 Å². The molecule has 1 fully saturated rings. The molecule has 0 saturated carbocycles. The maximum absolute atomic E-state index is 12.6. The lowest BCUT2D eigenvalue weighted by molar-refractivity contribution is 0.0791. The van der Waals surface area contributed by atoms with Crippen LogP contribution in [0.1, 0.15) is 28.3 Å². The van der Waals surface area contributed by atoms with E-state index in [1.807, 2.05) is 23.1 Å². The number of halogens is 2. The largest absolute Gasteiger partial charge is 0.338 e. The highest BCUT2D eigenvalue weighted by Gasteiger charge is 2.28. The Morgan fingerprint density at radius 1 is 1.10 bits per heavy atom. The van der Waals surface area contributed by atoms with Crippen LogP contribution in [0.3, 0.4) is 0 Å². The van der Waals surface area contributed by atoms with Gasteiger partial charge in [0, 0.05) is 24.0 Å². The number of carbonyl (C=O) groups is 1. The van der Waals surface area contributed by atoms with E-state index in [0.29, 0.717) is 21.5 Å². The van der Waals surface area contributed by atoms with E-state index in [4.69, 9.17) is 23.2 Å². The smallest absolute Gasteiger partial charge is 0.255 e. The molecule has 0 aromatic heterocycles. The van der Waals surface area contributed by atoms with Crippen molar-refractivity contribution in [2.45, 2.75) is 12.3 Å². The van der Waals surface area contributed by atoms with E-state index < -0.39 is 0 Å². The Morgan fingerprint density at radius 2 is 1.86 bits per heavy atom. The van der Waals surface area contributed by atoms with Crippen molar-refractivity contribution in [3.63, 3.8) is 0 Å². The Bertz CT molecular complexity index is 657. The molecule has 4 heteroatoms. The molecule has 2 nitrogen and oxygen atoms in total. The fourth-order valence-corrected chi connectivity index (χ4v) is 3.14. The number of nitrogens with zero attached hydrogens (tertiary/aromatic N) is 1. The summed E-state index contributed by atoms with van der Waals surface area (Å²) in [6.07, 6.45) is 0.980. The second-order valence-electron chi connectivity index (χ2n) is 5.27. The number of rotatable bonds is 2. The molecule has 0 aliphatic carbocycles. The fraction of sp³-hybridized carbons (Fsp3) is 0.235. The van der Waals surface area contributed by atoms with Gasteiger partial charge in [-0.1, -0.05) is 53.5 Å². The molecule has 3 rings (SSSR count). The second kappa shape index (κ2) is 6.08. The highest BCUT2D eigenvalue weighted by molar-refractivity contribution is 6.35. The molecule has 1 amide bonds. The standard InChI is InChI=1S/C17H15Cl2NO/c18-14-6-7-16(19)15(10-14)17(21)20-9-8-13(11-20)12-4-2-1-3-5-12/h1-7,10,13H,8-9,11H2/t13-/m1/s1. The van der Waals surface area contributed by atoms with Crippen LogP contribution in [0.4, 0.5) is 0 Å². The molecule has 1 saturated heterocycles. The molecule has 1 heterocycles. The van der Waals surface area contributed by atoms with Crippen molar-refractivity contribution in [1.82, 2.24) is 4.90 Å². The van der Waals surface area contributed by atoms with E-state index in [-0.39, 0.29) is 5.91 Å². The Kier molecular flexibility index (Phi) is 4.18. The molecule has 108 valence electrons. The van der Waals surface area contributed by atoms with Crippen molar-refractivity contribution in [3.8, 4) is 0 Å². The minimum atomic E-state index is -0.0408. The van der Waals surface area contributed by atoms with Gasteiger partial charge in [0.15, 0.2) is 0 Å². The number of hydrogen-bond acceptors (Lipinski definition) is 1. The zero-order valence-electron chi connectivity index (χ0n) is 11.4. The molecule has 0 N–H and O–H groups in total. The Hall–Kier alpha value is -1.51. The van der Waals surface area contributed by atoms with Gasteiger partial charge in [0.25, 0.3) is 5.91 Å². The summed E-state index contributed by atoms with van der Waals surface area (Å²) in [6.45, 7) is 1.48. The molecular weight excluding hydrogens is 305 g/mol. The van der Waals surface area contributed by atoms with Crippen molar-refractivity contribution >= 4 is 29.1 Å². The summed E-state index contributed by atoms with van der Waals surface area (Å²) < 4.78 is 0. The number of carbonyl (C=O) groups excluding carboxylic acids is 1. The molecule has 2 aromatic carbocycles. The fourth-order valence-electron chi connectivity index (χ4n) is 2.77. The lowest BCUT2D eigenvalue weighted by Gasteiger charge is -2.17. The van der Waals surface area contributed by atoms with Gasteiger partial charge in [-0.3, -0.25) is 4.79 Å². The van der Waals surface area contributed by atoms with E-state index in [1.54, 1.807) is 18.2 Å². The average molecular weight is 320 g/mol. The lowest BCUT2D eigenvalue weighted by atomic mass is 9.99. The minimum absolute atomic E-state index is 0.0408. The van der Waals surface area contributed by atoms with E-state index in [1.165, 1.54) is 5.56 Å². The van der Waals surface area contributed by atoms with Crippen LogP contribution < -0.4 is 0 Å². The molecule has 0 spiro atoms. The first kappa shape index (κ1) is 14.4. The molecule has 1 atom stereocenters. The Morgan fingerprint density at radius 3 is 2.62 bits per heavy atom. The van der Waals surface area contributed by atoms with Crippen molar-refractivity contribution < 1.29 is 4.79 Å². The normalized spacial score (nSPS) is 18.0. The average Bonchev–Trinajstić information content (AvgIpc) is 3.00. The zero-order valence-corrected chi connectivity index (χ0v) is 12.9. The number of benzene rings is 2. The third-order valence-corrected chi connectivity index (χ3v) is 4.47.